The molecule has 1 saturated heterocycles. The van der Waals surface area contributed by atoms with Gasteiger partial charge in [-0.25, -0.2) is 0 Å². The van der Waals surface area contributed by atoms with Gasteiger partial charge < -0.3 is 14.7 Å². The second-order valence-corrected chi connectivity index (χ2v) is 5.35. The minimum absolute atomic E-state index is 0.0379. The number of amides is 1. The molecule has 0 aliphatic carbocycles. The van der Waals surface area contributed by atoms with Crippen LogP contribution in [0.5, 0.6) is 5.75 Å². The molecule has 1 amide bonds. The van der Waals surface area contributed by atoms with Crippen molar-refractivity contribution in [3.8, 4) is 5.75 Å². The summed E-state index contributed by atoms with van der Waals surface area (Å²) in [6, 6.07) is 5.39. The molecule has 1 aliphatic heterocycles. The first-order valence-electron chi connectivity index (χ1n) is 5.89. The van der Waals surface area contributed by atoms with Gasteiger partial charge >= 0.3 is 0 Å². The van der Waals surface area contributed by atoms with Gasteiger partial charge in [0.2, 0.25) is 0 Å². The number of ether oxygens (including phenoxy) is 1. The summed E-state index contributed by atoms with van der Waals surface area (Å²) in [6.07, 6.45) is 0.860. The van der Waals surface area contributed by atoms with Crippen molar-refractivity contribution in [1.82, 2.24) is 4.90 Å². The molecule has 98 valence electrons. The number of rotatable bonds is 3. The number of hydrogen-bond acceptors (Lipinski definition) is 3. The topological polar surface area (TPSA) is 49.8 Å². The maximum atomic E-state index is 12.4. The van der Waals surface area contributed by atoms with Gasteiger partial charge in [0.15, 0.2) is 0 Å². The highest BCUT2D eigenvalue weighted by Crippen LogP contribution is 2.26. The predicted molar refractivity (Wildman–Crippen MR) is 71.8 cm³/mol. The third-order valence-electron chi connectivity index (χ3n) is 3.22. The summed E-state index contributed by atoms with van der Waals surface area (Å²) >= 11 is 3.36. The lowest BCUT2D eigenvalue weighted by molar-refractivity contribution is 0.0778. The molecule has 0 spiro atoms. The largest absolute Gasteiger partial charge is 0.496 e. The number of aliphatic hydroxyl groups is 1. The lowest BCUT2D eigenvalue weighted by Gasteiger charge is -2.18. The zero-order valence-electron chi connectivity index (χ0n) is 10.2. The van der Waals surface area contributed by atoms with Gasteiger partial charge in [-0.3, -0.25) is 4.79 Å². The first-order valence-corrected chi connectivity index (χ1v) is 6.68. The monoisotopic (exact) mass is 313 g/mol. The Morgan fingerprint density at radius 3 is 3.00 bits per heavy atom. The molecule has 1 unspecified atom stereocenters. The van der Waals surface area contributed by atoms with E-state index in [9.17, 15) is 4.79 Å². The average Bonchev–Trinajstić information content (AvgIpc) is 2.86. The molecule has 1 aliphatic rings. The third kappa shape index (κ3) is 2.67. The molecule has 1 aromatic rings. The number of benzene rings is 1. The van der Waals surface area contributed by atoms with Gasteiger partial charge in [0.1, 0.15) is 5.75 Å². The Morgan fingerprint density at radius 2 is 2.39 bits per heavy atom. The van der Waals surface area contributed by atoms with Gasteiger partial charge in [-0.2, -0.15) is 0 Å². The maximum Gasteiger partial charge on any atom is 0.257 e. The quantitative estimate of drug-likeness (QED) is 0.927. The summed E-state index contributed by atoms with van der Waals surface area (Å²) in [5.41, 5.74) is 0.561. The standard InChI is InChI=1S/C13H16BrNO3/c1-18-12-3-2-10(14)6-11(12)13(17)15-5-4-9(7-15)8-16/h2-3,6,9,16H,4-5,7-8H2,1H3. The van der Waals surface area contributed by atoms with Crippen molar-refractivity contribution in [1.29, 1.82) is 0 Å². The van der Waals surface area contributed by atoms with Crippen LogP contribution in [0.15, 0.2) is 22.7 Å². The van der Waals surface area contributed by atoms with Gasteiger partial charge in [-0.1, -0.05) is 15.9 Å². The zero-order chi connectivity index (χ0) is 13.1. The van der Waals surface area contributed by atoms with E-state index in [1.54, 1.807) is 24.1 Å². The molecule has 5 heteroatoms. The van der Waals surface area contributed by atoms with E-state index in [0.29, 0.717) is 24.4 Å². The highest BCUT2D eigenvalue weighted by Gasteiger charge is 2.28. The summed E-state index contributed by atoms with van der Waals surface area (Å²) in [5.74, 6) is 0.742. The minimum atomic E-state index is -0.0379. The smallest absolute Gasteiger partial charge is 0.257 e. The van der Waals surface area contributed by atoms with E-state index in [4.69, 9.17) is 9.84 Å². The summed E-state index contributed by atoms with van der Waals surface area (Å²) in [4.78, 5) is 14.2. The third-order valence-corrected chi connectivity index (χ3v) is 3.72. The van der Waals surface area contributed by atoms with Gasteiger partial charge in [-0.05, 0) is 24.6 Å². The fraction of sp³-hybridized carbons (Fsp3) is 0.462. The number of nitrogens with zero attached hydrogens (tertiary/aromatic N) is 1. The molecule has 1 aromatic carbocycles. The Balaban J connectivity index is 2.21. The van der Waals surface area contributed by atoms with Gasteiger partial charge in [0, 0.05) is 30.1 Å². The van der Waals surface area contributed by atoms with Crippen LogP contribution in [0.4, 0.5) is 0 Å². The van der Waals surface area contributed by atoms with Crippen molar-refractivity contribution in [2.45, 2.75) is 6.42 Å². The fourth-order valence-electron chi connectivity index (χ4n) is 2.18. The first-order chi connectivity index (χ1) is 8.65. The molecule has 0 saturated carbocycles. The summed E-state index contributed by atoms with van der Waals surface area (Å²) in [5, 5.41) is 9.11. The lowest BCUT2D eigenvalue weighted by atomic mass is 10.1. The van der Waals surface area contributed by atoms with E-state index in [2.05, 4.69) is 15.9 Å². The molecule has 0 radical (unpaired) electrons. The summed E-state index contributed by atoms with van der Waals surface area (Å²) < 4.78 is 6.07. The molecule has 1 N–H and O–H groups in total. The SMILES string of the molecule is COc1ccc(Br)cc1C(=O)N1CCC(CO)C1. The zero-order valence-corrected chi connectivity index (χ0v) is 11.8. The number of carbonyl (C=O) groups is 1. The number of carbonyl (C=O) groups excluding carboxylic acids is 1. The Labute approximate surface area is 115 Å². The van der Waals surface area contributed by atoms with Gasteiger partial charge in [-0.15, -0.1) is 0 Å². The lowest BCUT2D eigenvalue weighted by Crippen LogP contribution is -2.29. The fourth-order valence-corrected chi connectivity index (χ4v) is 2.54. The van der Waals surface area contributed by atoms with Gasteiger partial charge in [0.25, 0.3) is 5.91 Å². The van der Waals surface area contributed by atoms with Crippen LogP contribution in [0.2, 0.25) is 0 Å². The molecule has 4 nitrogen and oxygen atoms in total. The first kappa shape index (κ1) is 13.4. The minimum Gasteiger partial charge on any atom is -0.496 e. The normalized spacial score (nSPS) is 19.1. The van der Waals surface area contributed by atoms with E-state index in [1.807, 2.05) is 6.07 Å². The van der Waals surface area contributed by atoms with Crippen LogP contribution in [-0.4, -0.2) is 42.7 Å². The Hall–Kier alpha value is -1.07. The maximum absolute atomic E-state index is 12.4. The number of aliphatic hydroxyl groups excluding tert-OH is 1. The van der Waals surface area contributed by atoms with E-state index in [1.165, 1.54) is 0 Å². The highest BCUT2D eigenvalue weighted by atomic mass is 79.9. The van der Waals surface area contributed by atoms with Crippen LogP contribution in [-0.2, 0) is 0 Å². The van der Waals surface area contributed by atoms with Crippen molar-refractivity contribution in [2.75, 3.05) is 26.8 Å². The van der Waals surface area contributed by atoms with Crippen molar-refractivity contribution in [3.05, 3.63) is 28.2 Å². The van der Waals surface area contributed by atoms with Crippen LogP contribution in [0.3, 0.4) is 0 Å². The number of methoxy groups -OCH3 is 1. The van der Waals surface area contributed by atoms with Crippen LogP contribution in [0.25, 0.3) is 0 Å². The van der Waals surface area contributed by atoms with Crippen LogP contribution >= 0.6 is 15.9 Å². The molecule has 0 bridgehead atoms. The molecular formula is C13H16BrNO3. The van der Waals surface area contributed by atoms with Crippen molar-refractivity contribution >= 4 is 21.8 Å². The second-order valence-electron chi connectivity index (χ2n) is 4.43. The molecule has 0 aromatic heterocycles. The van der Waals surface area contributed by atoms with E-state index in [-0.39, 0.29) is 18.4 Å². The molecule has 18 heavy (non-hydrogen) atoms. The number of hydrogen-bond donors (Lipinski definition) is 1. The molecule has 1 atom stereocenters. The van der Waals surface area contributed by atoms with E-state index in [0.717, 1.165) is 10.9 Å². The molecule has 1 heterocycles. The van der Waals surface area contributed by atoms with Crippen molar-refractivity contribution < 1.29 is 14.6 Å². The highest BCUT2D eigenvalue weighted by molar-refractivity contribution is 9.10. The Morgan fingerprint density at radius 1 is 1.61 bits per heavy atom. The Bertz CT molecular complexity index is 450. The number of likely N-dealkylation sites (tertiary alicyclic amines) is 1. The average molecular weight is 314 g/mol. The summed E-state index contributed by atoms with van der Waals surface area (Å²) in [7, 11) is 1.56. The van der Waals surface area contributed by atoms with E-state index >= 15 is 0 Å². The van der Waals surface area contributed by atoms with Crippen LogP contribution < -0.4 is 4.74 Å². The predicted octanol–water partition coefficient (Wildman–Crippen LogP) is 1.91. The molecule has 2 rings (SSSR count). The van der Waals surface area contributed by atoms with Crippen LogP contribution in [0, 0.1) is 5.92 Å². The Kier molecular flexibility index (Phi) is 4.24. The summed E-state index contributed by atoms with van der Waals surface area (Å²) in [6.45, 7) is 1.45. The van der Waals surface area contributed by atoms with Crippen molar-refractivity contribution in [2.24, 2.45) is 5.92 Å². The van der Waals surface area contributed by atoms with E-state index < -0.39 is 0 Å². The van der Waals surface area contributed by atoms with Crippen molar-refractivity contribution in [3.63, 3.8) is 0 Å². The number of halogens is 1. The second kappa shape index (κ2) is 5.71. The molecular weight excluding hydrogens is 298 g/mol. The van der Waals surface area contributed by atoms with Crippen LogP contribution in [0.1, 0.15) is 16.8 Å². The molecule has 1 fully saturated rings. The van der Waals surface area contributed by atoms with Gasteiger partial charge in [0.05, 0.1) is 12.7 Å².